The maximum Gasteiger partial charge on any atom is 0.148 e. The third-order valence-electron chi connectivity index (χ3n) is 3.55. The number of rotatable bonds is 6. The number of halogens is 1. The molecule has 2 rings (SSSR count). The second-order valence-electron chi connectivity index (χ2n) is 5.26. The molecule has 0 aromatic heterocycles. The van der Waals surface area contributed by atoms with Gasteiger partial charge in [-0.25, -0.2) is 9.38 Å². The Morgan fingerprint density at radius 3 is 2.70 bits per heavy atom. The zero-order valence-corrected chi connectivity index (χ0v) is 13.9. The van der Waals surface area contributed by atoms with Crippen molar-refractivity contribution in [2.75, 3.05) is 26.0 Å². The van der Waals surface area contributed by atoms with Gasteiger partial charge in [0, 0.05) is 19.7 Å². The van der Waals surface area contributed by atoms with Gasteiger partial charge in [-0.05, 0) is 37.6 Å². The topological polar surface area (TPSA) is 36.9 Å². The van der Waals surface area contributed by atoms with Gasteiger partial charge in [-0.15, -0.1) is 0 Å². The molecule has 0 saturated carbocycles. The van der Waals surface area contributed by atoms with Crippen LogP contribution in [0.5, 0.6) is 5.75 Å². The fourth-order valence-electron chi connectivity index (χ4n) is 2.04. The number of hydrogen-bond acceptors (Lipinski definition) is 3. The second-order valence-corrected chi connectivity index (χ2v) is 5.26. The van der Waals surface area contributed by atoms with Gasteiger partial charge in [0.15, 0.2) is 0 Å². The van der Waals surface area contributed by atoms with Crippen LogP contribution < -0.4 is 10.1 Å². The van der Waals surface area contributed by atoms with Gasteiger partial charge < -0.3 is 15.0 Å². The van der Waals surface area contributed by atoms with Crippen molar-refractivity contribution in [2.45, 2.75) is 13.8 Å². The Bertz CT molecular complexity index is 701. The van der Waals surface area contributed by atoms with E-state index in [0.29, 0.717) is 17.1 Å². The maximum absolute atomic E-state index is 14.4. The van der Waals surface area contributed by atoms with Crippen molar-refractivity contribution >= 4 is 23.4 Å². The molecule has 0 unspecified atom stereocenters. The minimum absolute atomic E-state index is 0.354. The molecule has 2 aromatic carbocycles. The lowest BCUT2D eigenvalue weighted by Crippen LogP contribution is -2.14. The molecule has 0 heterocycles. The van der Waals surface area contributed by atoms with Gasteiger partial charge >= 0.3 is 0 Å². The van der Waals surface area contributed by atoms with Crippen LogP contribution in [0.4, 0.5) is 21.5 Å². The molecule has 0 atom stereocenters. The van der Waals surface area contributed by atoms with E-state index in [1.807, 2.05) is 50.1 Å². The SMILES string of the molecule is CCN(C)C=Nc1cc(F)c(Nc2ccccc2OC)cc1C. The van der Waals surface area contributed by atoms with E-state index in [2.05, 4.69) is 10.3 Å². The lowest BCUT2D eigenvalue weighted by atomic mass is 10.1. The van der Waals surface area contributed by atoms with Gasteiger partial charge in [0.05, 0.1) is 30.5 Å². The Balaban J connectivity index is 2.28. The van der Waals surface area contributed by atoms with Gasteiger partial charge in [-0.3, -0.25) is 0 Å². The van der Waals surface area contributed by atoms with E-state index in [-0.39, 0.29) is 5.82 Å². The van der Waals surface area contributed by atoms with E-state index in [4.69, 9.17) is 4.74 Å². The van der Waals surface area contributed by atoms with Gasteiger partial charge in [0.2, 0.25) is 0 Å². The number of anilines is 2. The molecule has 4 nitrogen and oxygen atoms in total. The number of hydrogen-bond donors (Lipinski definition) is 1. The zero-order chi connectivity index (χ0) is 16.8. The molecule has 23 heavy (non-hydrogen) atoms. The molecule has 0 radical (unpaired) electrons. The van der Waals surface area contributed by atoms with E-state index in [1.165, 1.54) is 6.07 Å². The normalized spacial score (nSPS) is 10.8. The smallest absolute Gasteiger partial charge is 0.148 e. The Kier molecular flexibility index (Phi) is 5.57. The summed E-state index contributed by atoms with van der Waals surface area (Å²) in [5.74, 6) is 0.309. The quantitative estimate of drug-likeness (QED) is 0.630. The van der Waals surface area contributed by atoms with Crippen molar-refractivity contribution in [2.24, 2.45) is 4.99 Å². The lowest BCUT2D eigenvalue weighted by Gasteiger charge is -2.13. The molecule has 0 saturated heterocycles. The van der Waals surface area contributed by atoms with Crippen LogP contribution in [-0.2, 0) is 0 Å². The number of methoxy groups -OCH3 is 1. The molecule has 0 spiro atoms. The van der Waals surface area contributed by atoms with E-state index in [0.717, 1.165) is 17.8 Å². The van der Waals surface area contributed by atoms with Gasteiger partial charge in [-0.2, -0.15) is 0 Å². The molecular formula is C18H22FN3O. The van der Waals surface area contributed by atoms with Gasteiger partial charge in [0.1, 0.15) is 11.6 Å². The summed E-state index contributed by atoms with van der Waals surface area (Å²) < 4.78 is 19.6. The molecule has 0 fully saturated rings. The highest BCUT2D eigenvalue weighted by molar-refractivity contribution is 5.70. The van der Waals surface area contributed by atoms with E-state index >= 15 is 0 Å². The second kappa shape index (κ2) is 7.63. The minimum atomic E-state index is -0.354. The average molecular weight is 315 g/mol. The molecule has 0 aliphatic heterocycles. The third-order valence-corrected chi connectivity index (χ3v) is 3.55. The standard InChI is InChI=1S/C18H22FN3O/c1-5-22(3)12-20-16-11-14(19)17(10-13(16)2)21-15-8-6-7-9-18(15)23-4/h6-12,21H,5H2,1-4H3. The highest BCUT2D eigenvalue weighted by Gasteiger charge is 2.09. The highest BCUT2D eigenvalue weighted by atomic mass is 19.1. The van der Waals surface area contributed by atoms with Crippen molar-refractivity contribution < 1.29 is 9.13 Å². The Morgan fingerprint density at radius 1 is 1.26 bits per heavy atom. The van der Waals surface area contributed by atoms with Crippen LogP contribution >= 0.6 is 0 Å². The monoisotopic (exact) mass is 315 g/mol. The maximum atomic E-state index is 14.4. The number of aryl methyl sites for hydroxylation is 1. The van der Waals surface area contributed by atoms with Crippen molar-refractivity contribution in [3.05, 3.63) is 47.8 Å². The first-order valence-corrected chi connectivity index (χ1v) is 7.49. The molecule has 122 valence electrons. The first-order valence-electron chi connectivity index (χ1n) is 7.49. The fraction of sp³-hybridized carbons (Fsp3) is 0.278. The van der Waals surface area contributed by atoms with E-state index in [9.17, 15) is 4.39 Å². The first-order chi connectivity index (χ1) is 11.0. The fourth-order valence-corrected chi connectivity index (χ4v) is 2.04. The van der Waals surface area contributed by atoms with Crippen LogP contribution in [0.2, 0.25) is 0 Å². The Hall–Kier alpha value is -2.56. The summed E-state index contributed by atoms with van der Waals surface area (Å²) in [4.78, 5) is 6.26. The molecule has 0 amide bonds. The van der Waals surface area contributed by atoms with Crippen molar-refractivity contribution in [3.8, 4) is 5.75 Å². The van der Waals surface area contributed by atoms with Crippen LogP contribution in [0.3, 0.4) is 0 Å². The molecule has 0 aliphatic carbocycles. The molecule has 0 aliphatic rings. The molecular weight excluding hydrogens is 293 g/mol. The zero-order valence-electron chi connectivity index (χ0n) is 13.9. The molecule has 5 heteroatoms. The average Bonchev–Trinajstić information content (AvgIpc) is 2.56. The summed E-state index contributed by atoms with van der Waals surface area (Å²) in [6.07, 6.45) is 1.70. The molecule has 2 aromatic rings. The first kappa shape index (κ1) is 16.8. The largest absolute Gasteiger partial charge is 0.495 e. The van der Waals surface area contributed by atoms with E-state index in [1.54, 1.807) is 19.5 Å². The number of ether oxygens (including phenoxy) is 1. The Morgan fingerprint density at radius 2 is 2.00 bits per heavy atom. The summed E-state index contributed by atoms with van der Waals surface area (Å²) in [6.45, 7) is 4.78. The van der Waals surface area contributed by atoms with Crippen LogP contribution in [-0.4, -0.2) is 31.9 Å². The summed E-state index contributed by atoms with van der Waals surface area (Å²) in [5, 5.41) is 3.07. The van der Waals surface area contributed by atoms with Crippen molar-refractivity contribution in [3.63, 3.8) is 0 Å². The van der Waals surface area contributed by atoms with Crippen molar-refractivity contribution in [1.29, 1.82) is 0 Å². The van der Waals surface area contributed by atoms with Gasteiger partial charge in [0.25, 0.3) is 0 Å². The number of benzene rings is 2. The predicted molar refractivity (Wildman–Crippen MR) is 93.9 cm³/mol. The summed E-state index contributed by atoms with van der Waals surface area (Å²) in [5.41, 5.74) is 2.63. The summed E-state index contributed by atoms with van der Waals surface area (Å²) in [7, 11) is 3.51. The summed E-state index contributed by atoms with van der Waals surface area (Å²) in [6, 6.07) is 10.6. The van der Waals surface area contributed by atoms with E-state index < -0.39 is 0 Å². The number of aliphatic imine (C=N–C) groups is 1. The van der Waals surface area contributed by atoms with Gasteiger partial charge in [-0.1, -0.05) is 12.1 Å². The number of nitrogens with zero attached hydrogens (tertiary/aromatic N) is 2. The lowest BCUT2D eigenvalue weighted by molar-refractivity contribution is 0.417. The third kappa shape index (κ3) is 4.22. The molecule has 0 bridgehead atoms. The van der Waals surface area contributed by atoms with Crippen molar-refractivity contribution in [1.82, 2.24) is 4.90 Å². The summed E-state index contributed by atoms with van der Waals surface area (Å²) >= 11 is 0. The minimum Gasteiger partial charge on any atom is -0.495 e. The number of nitrogens with one attached hydrogen (secondary N) is 1. The highest BCUT2D eigenvalue weighted by Crippen LogP contribution is 2.31. The van der Waals surface area contributed by atoms with Crippen LogP contribution in [0.25, 0.3) is 0 Å². The predicted octanol–water partition coefficient (Wildman–Crippen LogP) is 4.50. The Labute approximate surface area is 136 Å². The van der Waals surface area contributed by atoms with Crippen LogP contribution in [0, 0.1) is 12.7 Å². The van der Waals surface area contributed by atoms with Crippen LogP contribution in [0.1, 0.15) is 12.5 Å². The number of para-hydroxylation sites is 2. The molecule has 1 N–H and O–H groups in total. The van der Waals surface area contributed by atoms with Crippen LogP contribution in [0.15, 0.2) is 41.4 Å².